The second-order valence-corrected chi connectivity index (χ2v) is 6.63. The third-order valence-electron chi connectivity index (χ3n) is 3.73. The molecule has 1 amide bonds. The number of anilines is 1. The van der Waals surface area contributed by atoms with Crippen LogP contribution < -0.4 is 10.1 Å². The fourth-order valence-electron chi connectivity index (χ4n) is 2.48. The number of ether oxygens (including phenoxy) is 1. The lowest BCUT2D eigenvalue weighted by molar-refractivity contribution is -0.113. The van der Waals surface area contributed by atoms with E-state index in [0.29, 0.717) is 16.6 Å². The lowest BCUT2D eigenvalue weighted by Gasteiger charge is -2.08. The Kier molecular flexibility index (Phi) is 5.02. The van der Waals surface area contributed by atoms with Gasteiger partial charge in [0.05, 0.1) is 5.75 Å². The number of carbonyl (C=O) groups excluding carboxylic acids is 1. The fraction of sp³-hybridized carbons (Fsp3) is 0.0500. The van der Waals surface area contributed by atoms with Crippen molar-refractivity contribution in [2.45, 2.75) is 5.16 Å². The number of carbonyl (C=O) groups is 1. The number of hydrogen-bond donors (Lipinski definition) is 1. The van der Waals surface area contributed by atoms with Crippen molar-refractivity contribution in [3.05, 3.63) is 79.0 Å². The van der Waals surface area contributed by atoms with Gasteiger partial charge >= 0.3 is 0 Å². The van der Waals surface area contributed by atoms with E-state index in [1.807, 2.05) is 83.4 Å². The number of thioether (sulfide) groups is 1. The molecule has 0 bridgehead atoms. The molecule has 0 saturated carbocycles. The van der Waals surface area contributed by atoms with Crippen molar-refractivity contribution >= 4 is 29.0 Å². The van der Waals surface area contributed by atoms with Crippen LogP contribution in [-0.4, -0.2) is 26.3 Å². The van der Waals surface area contributed by atoms with Crippen LogP contribution in [0.3, 0.4) is 0 Å². The quantitative estimate of drug-likeness (QED) is 0.510. The molecule has 0 aliphatic heterocycles. The Morgan fingerprint density at radius 2 is 1.67 bits per heavy atom. The SMILES string of the molecule is O=C(CSc1nnc2ccccn12)Nc1ccc(Oc2ccccc2)cc1. The minimum atomic E-state index is -0.107. The Bertz CT molecular complexity index is 1050. The van der Waals surface area contributed by atoms with Gasteiger partial charge in [0.15, 0.2) is 10.8 Å². The number of nitrogens with zero attached hydrogens (tertiary/aromatic N) is 3. The molecule has 4 aromatic rings. The van der Waals surface area contributed by atoms with Crippen molar-refractivity contribution in [3.8, 4) is 11.5 Å². The van der Waals surface area contributed by atoms with E-state index in [4.69, 9.17) is 4.74 Å². The van der Waals surface area contributed by atoms with Crippen LogP contribution in [0.2, 0.25) is 0 Å². The average molecular weight is 376 g/mol. The van der Waals surface area contributed by atoms with Gasteiger partial charge in [0, 0.05) is 11.9 Å². The van der Waals surface area contributed by atoms with E-state index in [1.165, 1.54) is 11.8 Å². The number of amides is 1. The zero-order chi connectivity index (χ0) is 18.5. The molecule has 2 heterocycles. The van der Waals surface area contributed by atoms with Crippen LogP contribution in [0.15, 0.2) is 84.1 Å². The first kappa shape index (κ1) is 17.1. The largest absolute Gasteiger partial charge is 0.457 e. The molecule has 0 aliphatic carbocycles. The standard InChI is InChI=1S/C20H16N4O2S/c25-19(14-27-20-23-22-18-8-4-5-13-24(18)20)21-15-9-11-17(12-10-15)26-16-6-2-1-3-7-16/h1-13H,14H2,(H,21,25). The molecule has 1 N–H and O–H groups in total. The smallest absolute Gasteiger partial charge is 0.234 e. The molecule has 2 aromatic heterocycles. The van der Waals surface area contributed by atoms with Crippen molar-refractivity contribution in [1.29, 1.82) is 0 Å². The summed E-state index contributed by atoms with van der Waals surface area (Å²) in [4.78, 5) is 12.2. The van der Waals surface area contributed by atoms with Crippen LogP contribution in [0, 0.1) is 0 Å². The number of benzene rings is 2. The summed E-state index contributed by atoms with van der Waals surface area (Å²) in [5, 5.41) is 11.7. The zero-order valence-corrected chi connectivity index (χ0v) is 15.1. The summed E-state index contributed by atoms with van der Waals surface area (Å²) in [5.74, 6) is 1.62. The van der Waals surface area contributed by atoms with E-state index in [0.717, 1.165) is 11.4 Å². The highest BCUT2D eigenvalue weighted by atomic mass is 32.2. The van der Waals surface area contributed by atoms with Crippen molar-refractivity contribution < 1.29 is 9.53 Å². The maximum atomic E-state index is 12.2. The van der Waals surface area contributed by atoms with Crippen LogP contribution >= 0.6 is 11.8 Å². The number of pyridine rings is 1. The molecule has 6 nitrogen and oxygen atoms in total. The lowest BCUT2D eigenvalue weighted by Crippen LogP contribution is -2.14. The van der Waals surface area contributed by atoms with E-state index < -0.39 is 0 Å². The van der Waals surface area contributed by atoms with Crippen LogP contribution in [0.4, 0.5) is 5.69 Å². The first-order valence-corrected chi connectivity index (χ1v) is 9.32. The molecular weight excluding hydrogens is 360 g/mol. The average Bonchev–Trinajstić information content (AvgIpc) is 3.12. The third kappa shape index (κ3) is 4.27. The Balaban J connectivity index is 1.33. The molecule has 0 unspecified atom stereocenters. The Labute approximate surface area is 160 Å². The van der Waals surface area contributed by atoms with E-state index in [2.05, 4.69) is 15.5 Å². The molecule has 2 aromatic carbocycles. The number of aromatic nitrogens is 3. The summed E-state index contributed by atoms with van der Waals surface area (Å²) in [6.07, 6.45) is 1.88. The second kappa shape index (κ2) is 7.92. The Morgan fingerprint density at radius 3 is 2.48 bits per heavy atom. The molecule has 134 valence electrons. The summed E-state index contributed by atoms with van der Waals surface area (Å²) in [5.41, 5.74) is 1.47. The molecule has 4 rings (SSSR count). The number of nitrogens with one attached hydrogen (secondary N) is 1. The van der Waals surface area contributed by atoms with E-state index in [-0.39, 0.29) is 11.7 Å². The summed E-state index contributed by atoms with van der Waals surface area (Å²) in [6.45, 7) is 0. The molecule has 0 atom stereocenters. The number of rotatable bonds is 6. The van der Waals surface area contributed by atoms with Crippen molar-refractivity contribution in [2.75, 3.05) is 11.1 Å². The summed E-state index contributed by atoms with van der Waals surface area (Å²) in [6, 6.07) is 22.5. The van der Waals surface area contributed by atoms with Gasteiger partial charge in [0.1, 0.15) is 11.5 Å². The molecule has 0 radical (unpaired) electrons. The summed E-state index contributed by atoms with van der Waals surface area (Å²) < 4.78 is 7.60. The summed E-state index contributed by atoms with van der Waals surface area (Å²) >= 11 is 1.34. The molecule has 0 aliphatic rings. The monoisotopic (exact) mass is 376 g/mol. The van der Waals surface area contributed by atoms with Gasteiger partial charge in [-0.3, -0.25) is 9.20 Å². The van der Waals surface area contributed by atoms with Gasteiger partial charge in [0.25, 0.3) is 0 Å². The van der Waals surface area contributed by atoms with E-state index >= 15 is 0 Å². The van der Waals surface area contributed by atoms with Crippen LogP contribution in [0.1, 0.15) is 0 Å². The first-order chi connectivity index (χ1) is 13.3. The van der Waals surface area contributed by atoms with Gasteiger partial charge in [-0.25, -0.2) is 0 Å². The van der Waals surface area contributed by atoms with Crippen molar-refractivity contribution in [3.63, 3.8) is 0 Å². The summed E-state index contributed by atoms with van der Waals surface area (Å²) in [7, 11) is 0. The van der Waals surface area contributed by atoms with Gasteiger partial charge in [-0.05, 0) is 48.5 Å². The maximum absolute atomic E-state index is 12.2. The first-order valence-electron chi connectivity index (χ1n) is 8.33. The maximum Gasteiger partial charge on any atom is 0.234 e. The molecular formula is C20H16N4O2S. The highest BCUT2D eigenvalue weighted by Crippen LogP contribution is 2.23. The Hall–Kier alpha value is -3.32. The van der Waals surface area contributed by atoms with E-state index in [9.17, 15) is 4.79 Å². The highest BCUT2D eigenvalue weighted by Gasteiger charge is 2.09. The highest BCUT2D eigenvalue weighted by molar-refractivity contribution is 7.99. The van der Waals surface area contributed by atoms with Crippen LogP contribution in [0.5, 0.6) is 11.5 Å². The minimum absolute atomic E-state index is 0.107. The van der Waals surface area contributed by atoms with E-state index in [1.54, 1.807) is 0 Å². The van der Waals surface area contributed by atoms with Crippen molar-refractivity contribution in [2.24, 2.45) is 0 Å². The van der Waals surface area contributed by atoms with Crippen LogP contribution in [0.25, 0.3) is 5.65 Å². The van der Waals surface area contributed by atoms with Gasteiger partial charge in [-0.1, -0.05) is 36.0 Å². The zero-order valence-electron chi connectivity index (χ0n) is 14.3. The molecule has 0 saturated heterocycles. The predicted octanol–water partition coefficient (Wildman–Crippen LogP) is 4.25. The topological polar surface area (TPSA) is 68.5 Å². The fourth-order valence-corrected chi connectivity index (χ4v) is 3.20. The molecule has 7 heteroatoms. The normalized spacial score (nSPS) is 10.7. The number of hydrogen-bond acceptors (Lipinski definition) is 5. The van der Waals surface area contributed by atoms with Gasteiger partial charge < -0.3 is 10.1 Å². The number of fused-ring (bicyclic) bond motifs is 1. The van der Waals surface area contributed by atoms with Gasteiger partial charge in [-0.15, -0.1) is 10.2 Å². The van der Waals surface area contributed by atoms with Crippen molar-refractivity contribution in [1.82, 2.24) is 14.6 Å². The van der Waals surface area contributed by atoms with Crippen LogP contribution in [-0.2, 0) is 4.79 Å². The van der Waals surface area contributed by atoms with Gasteiger partial charge in [-0.2, -0.15) is 0 Å². The molecule has 27 heavy (non-hydrogen) atoms. The number of para-hydroxylation sites is 1. The second-order valence-electron chi connectivity index (χ2n) is 5.69. The molecule has 0 fully saturated rings. The minimum Gasteiger partial charge on any atom is -0.457 e. The Morgan fingerprint density at radius 1 is 0.926 bits per heavy atom. The van der Waals surface area contributed by atoms with Gasteiger partial charge in [0.2, 0.25) is 5.91 Å². The lowest BCUT2D eigenvalue weighted by atomic mass is 10.3. The predicted molar refractivity (Wildman–Crippen MR) is 105 cm³/mol. The molecule has 0 spiro atoms. The third-order valence-corrected chi connectivity index (χ3v) is 4.67.